The summed E-state index contributed by atoms with van der Waals surface area (Å²) < 4.78 is 14.7. The number of nitrogens with zero attached hydrogens (tertiary/aromatic N) is 2. The number of hydrogen-bond donors (Lipinski definition) is 0. The molecule has 3 rings (SSSR count). The molecule has 0 saturated heterocycles. The number of halogens is 1. The van der Waals surface area contributed by atoms with Crippen LogP contribution in [0.1, 0.15) is 18.0 Å². The van der Waals surface area contributed by atoms with Crippen LogP contribution < -0.4 is 0 Å². The van der Waals surface area contributed by atoms with Gasteiger partial charge in [-0.15, -0.1) is 23.1 Å². The van der Waals surface area contributed by atoms with E-state index in [0.717, 1.165) is 15.2 Å². The third-order valence-electron chi connectivity index (χ3n) is 3.83. The van der Waals surface area contributed by atoms with E-state index in [1.54, 1.807) is 41.5 Å². The molecule has 2 aromatic carbocycles. The Kier molecular flexibility index (Phi) is 5.16. The van der Waals surface area contributed by atoms with Gasteiger partial charge in [0, 0.05) is 11.9 Å². The fourth-order valence-corrected chi connectivity index (χ4v) is 4.18. The molecule has 1 amide bonds. The van der Waals surface area contributed by atoms with Crippen LogP contribution in [0.15, 0.2) is 53.4 Å². The Morgan fingerprint density at radius 3 is 2.71 bits per heavy atom. The molecule has 0 N–H and O–H groups in total. The zero-order valence-corrected chi connectivity index (χ0v) is 15.0. The van der Waals surface area contributed by atoms with Crippen molar-refractivity contribution in [1.82, 2.24) is 9.88 Å². The normalized spacial score (nSPS) is 12.3. The minimum Gasteiger partial charge on any atom is -0.336 e. The molecule has 24 heavy (non-hydrogen) atoms. The Balaban J connectivity index is 1.67. The summed E-state index contributed by atoms with van der Waals surface area (Å²) in [6, 6.07) is 14.3. The van der Waals surface area contributed by atoms with Crippen LogP contribution in [0.25, 0.3) is 10.2 Å². The highest BCUT2D eigenvalue weighted by atomic mass is 32.2. The summed E-state index contributed by atoms with van der Waals surface area (Å²) in [5, 5.41) is 0.906. The standard InChI is InChI=1S/C18H17FN2OS2/c1-12(18-20-14-8-4-6-10-16(14)24-18)21(2)17(22)11-23-15-9-5-3-7-13(15)19/h3-10,12H,11H2,1-2H3. The predicted molar refractivity (Wildman–Crippen MR) is 97.9 cm³/mol. The number of rotatable bonds is 5. The first-order valence-corrected chi connectivity index (χ1v) is 9.35. The number of amides is 1. The monoisotopic (exact) mass is 360 g/mol. The maximum Gasteiger partial charge on any atom is 0.233 e. The summed E-state index contributed by atoms with van der Waals surface area (Å²) in [5.74, 6) is -0.140. The van der Waals surface area contributed by atoms with Crippen molar-refractivity contribution in [3.63, 3.8) is 0 Å². The van der Waals surface area contributed by atoms with Crippen molar-refractivity contribution in [1.29, 1.82) is 0 Å². The molecule has 0 radical (unpaired) electrons. The average Bonchev–Trinajstić information content (AvgIpc) is 3.03. The number of aromatic nitrogens is 1. The molecule has 0 aliphatic carbocycles. The smallest absolute Gasteiger partial charge is 0.233 e. The van der Waals surface area contributed by atoms with Crippen LogP contribution in [0.5, 0.6) is 0 Å². The molecule has 1 heterocycles. The van der Waals surface area contributed by atoms with Crippen molar-refractivity contribution in [2.45, 2.75) is 17.9 Å². The molecule has 0 saturated carbocycles. The van der Waals surface area contributed by atoms with E-state index >= 15 is 0 Å². The Bertz CT molecular complexity index is 832. The van der Waals surface area contributed by atoms with Gasteiger partial charge < -0.3 is 4.90 Å². The number of benzene rings is 2. The van der Waals surface area contributed by atoms with Crippen molar-refractivity contribution in [3.8, 4) is 0 Å². The van der Waals surface area contributed by atoms with Gasteiger partial charge in [-0.2, -0.15) is 0 Å². The molecule has 3 aromatic rings. The van der Waals surface area contributed by atoms with Gasteiger partial charge in [0.25, 0.3) is 0 Å². The second-order valence-electron chi connectivity index (χ2n) is 5.42. The number of para-hydroxylation sites is 1. The quantitative estimate of drug-likeness (QED) is 0.616. The first-order valence-electron chi connectivity index (χ1n) is 7.54. The fourth-order valence-electron chi connectivity index (χ4n) is 2.25. The Labute approximate surface area is 148 Å². The van der Waals surface area contributed by atoms with E-state index in [0.29, 0.717) is 4.90 Å². The molecule has 0 aliphatic rings. The van der Waals surface area contributed by atoms with Gasteiger partial charge in [-0.05, 0) is 31.2 Å². The average molecular weight is 360 g/mol. The van der Waals surface area contributed by atoms with Crippen LogP contribution in [-0.4, -0.2) is 28.6 Å². The van der Waals surface area contributed by atoms with E-state index in [4.69, 9.17) is 0 Å². The summed E-state index contributed by atoms with van der Waals surface area (Å²) in [6.07, 6.45) is 0. The summed E-state index contributed by atoms with van der Waals surface area (Å²) >= 11 is 2.81. The SMILES string of the molecule is CC(c1nc2ccccc2s1)N(C)C(=O)CSc1ccccc1F. The molecule has 1 unspecified atom stereocenters. The van der Waals surface area contributed by atoms with Gasteiger partial charge in [0.15, 0.2) is 0 Å². The summed E-state index contributed by atoms with van der Waals surface area (Å²) in [6.45, 7) is 1.96. The second-order valence-corrected chi connectivity index (χ2v) is 7.50. The molecular weight excluding hydrogens is 343 g/mol. The zero-order chi connectivity index (χ0) is 17.1. The maximum absolute atomic E-state index is 13.6. The van der Waals surface area contributed by atoms with E-state index in [9.17, 15) is 9.18 Å². The van der Waals surface area contributed by atoms with Gasteiger partial charge in [-0.25, -0.2) is 9.37 Å². The maximum atomic E-state index is 13.6. The van der Waals surface area contributed by atoms with Crippen molar-refractivity contribution >= 4 is 39.2 Å². The van der Waals surface area contributed by atoms with Crippen molar-refractivity contribution in [2.75, 3.05) is 12.8 Å². The lowest BCUT2D eigenvalue weighted by atomic mass is 10.3. The molecule has 1 aromatic heterocycles. The first-order chi connectivity index (χ1) is 11.6. The van der Waals surface area contributed by atoms with Crippen molar-refractivity contribution in [2.24, 2.45) is 0 Å². The largest absolute Gasteiger partial charge is 0.336 e. The molecule has 3 nitrogen and oxygen atoms in total. The molecule has 0 bridgehead atoms. The molecule has 124 valence electrons. The minimum atomic E-state index is -0.294. The van der Waals surface area contributed by atoms with Crippen LogP contribution in [0.3, 0.4) is 0 Å². The lowest BCUT2D eigenvalue weighted by Crippen LogP contribution is -2.31. The van der Waals surface area contributed by atoms with E-state index in [-0.39, 0.29) is 23.5 Å². The van der Waals surface area contributed by atoms with E-state index in [2.05, 4.69) is 4.98 Å². The first kappa shape index (κ1) is 16.9. The highest BCUT2D eigenvalue weighted by molar-refractivity contribution is 8.00. The van der Waals surface area contributed by atoms with Gasteiger partial charge in [0.05, 0.1) is 22.0 Å². The minimum absolute atomic E-state index is 0.0463. The van der Waals surface area contributed by atoms with Gasteiger partial charge in [-0.3, -0.25) is 4.79 Å². The van der Waals surface area contributed by atoms with Gasteiger partial charge in [0.2, 0.25) is 5.91 Å². The molecule has 0 fully saturated rings. The number of hydrogen-bond acceptors (Lipinski definition) is 4. The Hall–Kier alpha value is -1.92. The van der Waals surface area contributed by atoms with Crippen LogP contribution in [-0.2, 0) is 4.79 Å². The van der Waals surface area contributed by atoms with E-state index in [1.165, 1.54) is 17.8 Å². The van der Waals surface area contributed by atoms with Crippen molar-refractivity contribution in [3.05, 3.63) is 59.4 Å². The number of carbonyl (C=O) groups is 1. The number of carbonyl (C=O) groups excluding carboxylic acids is 1. The van der Waals surface area contributed by atoms with E-state index in [1.807, 2.05) is 31.2 Å². The van der Waals surface area contributed by atoms with Crippen LogP contribution in [0.2, 0.25) is 0 Å². The van der Waals surface area contributed by atoms with Crippen LogP contribution >= 0.6 is 23.1 Å². The number of thiazole rings is 1. The topological polar surface area (TPSA) is 33.2 Å². The third-order valence-corrected chi connectivity index (χ3v) is 6.07. The Morgan fingerprint density at radius 2 is 1.96 bits per heavy atom. The summed E-state index contributed by atoms with van der Waals surface area (Å²) in [7, 11) is 1.76. The summed E-state index contributed by atoms with van der Waals surface area (Å²) in [4.78, 5) is 19.2. The number of thioether (sulfide) groups is 1. The molecule has 6 heteroatoms. The van der Waals surface area contributed by atoms with Crippen LogP contribution in [0, 0.1) is 5.82 Å². The highest BCUT2D eigenvalue weighted by Gasteiger charge is 2.21. The number of fused-ring (bicyclic) bond motifs is 1. The fraction of sp³-hybridized carbons (Fsp3) is 0.222. The molecular formula is C18H17FN2OS2. The van der Waals surface area contributed by atoms with Crippen molar-refractivity contribution < 1.29 is 9.18 Å². The highest BCUT2D eigenvalue weighted by Crippen LogP contribution is 2.29. The van der Waals surface area contributed by atoms with Crippen LogP contribution in [0.4, 0.5) is 4.39 Å². The van der Waals surface area contributed by atoms with E-state index < -0.39 is 0 Å². The molecule has 0 spiro atoms. The summed E-state index contributed by atoms with van der Waals surface area (Å²) in [5.41, 5.74) is 0.950. The predicted octanol–water partition coefficient (Wildman–Crippen LogP) is 4.75. The lowest BCUT2D eigenvalue weighted by molar-refractivity contribution is -0.128. The van der Waals surface area contributed by atoms with Gasteiger partial charge in [0.1, 0.15) is 10.8 Å². The molecule has 1 atom stereocenters. The third kappa shape index (κ3) is 3.60. The second kappa shape index (κ2) is 7.32. The molecule has 0 aliphatic heterocycles. The zero-order valence-electron chi connectivity index (χ0n) is 13.4. The Morgan fingerprint density at radius 1 is 1.25 bits per heavy atom. The lowest BCUT2D eigenvalue weighted by Gasteiger charge is -2.23. The van der Waals surface area contributed by atoms with Gasteiger partial charge >= 0.3 is 0 Å². The van der Waals surface area contributed by atoms with Gasteiger partial charge in [-0.1, -0.05) is 24.3 Å².